The molecule has 0 aliphatic heterocycles. The van der Waals surface area contributed by atoms with Crippen LogP contribution in [0.1, 0.15) is 5.56 Å². The lowest BCUT2D eigenvalue weighted by atomic mass is 10.1. The molecule has 0 fully saturated rings. The van der Waals surface area contributed by atoms with Crippen LogP contribution in [0.25, 0.3) is 11.3 Å². The Bertz CT molecular complexity index is 564. The van der Waals surface area contributed by atoms with E-state index in [0.717, 1.165) is 5.56 Å². The van der Waals surface area contributed by atoms with Crippen LogP contribution >= 0.6 is 0 Å². The van der Waals surface area contributed by atoms with Gasteiger partial charge < -0.3 is 5.11 Å². The second kappa shape index (κ2) is 4.21. The number of aromatic nitrogens is 1. The fraction of sp³-hybridized carbons (Fsp3) is 0.0833. The van der Waals surface area contributed by atoms with E-state index in [1.165, 1.54) is 6.20 Å². The van der Waals surface area contributed by atoms with Gasteiger partial charge in [0.15, 0.2) is 0 Å². The monoisotopic (exact) mass is 230 g/mol. The molecule has 0 unspecified atom stereocenters. The van der Waals surface area contributed by atoms with Crippen molar-refractivity contribution in [3.8, 4) is 17.0 Å². The lowest BCUT2D eigenvalue weighted by Crippen LogP contribution is -1.94. The quantitative estimate of drug-likeness (QED) is 0.635. The van der Waals surface area contributed by atoms with E-state index in [4.69, 9.17) is 5.11 Å². The number of pyridine rings is 1. The summed E-state index contributed by atoms with van der Waals surface area (Å²) in [6, 6.07) is 8.18. The second-order valence-electron chi connectivity index (χ2n) is 3.66. The Kier molecular flexibility index (Phi) is 2.74. The highest BCUT2D eigenvalue weighted by Gasteiger charge is 2.11. The molecule has 5 heteroatoms. The van der Waals surface area contributed by atoms with Gasteiger partial charge in [0, 0.05) is 11.1 Å². The average molecular weight is 230 g/mol. The number of hydrogen-bond acceptors (Lipinski definition) is 4. The fourth-order valence-electron chi connectivity index (χ4n) is 1.53. The molecule has 2 aromatic rings. The number of benzene rings is 1. The molecular formula is C12H10N2O3. The van der Waals surface area contributed by atoms with Crippen molar-refractivity contribution >= 4 is 5.69 Å². The smallest absolute Gasteiger partial charge is 0.290 e. The molecule has 17 heavy (non-hydrogen) atoms. The summed E-state index contributed by atoms with van der Waals surface area (Å²) in [6.07, 6.45) is 1.25. The summed E-state index contributed by atoms with van der Waals surface area (Å²) in [4.78, 5) is 14.2. The zero-order valence-corrected chi connectivity index (χ0v) is 9.12. The van der Waals surface area contributed by atoms with Crippen LogP contribution in [-0.2, 0) is 0 Å². The molecular weight excluding hydrogens is 220 g/mol. The van der Waals surface area contributed by atoms with Crippen LogP contribution in [0.2, 0.25) is 0 Å². The van der Waals surface area contributed by atoms with Crippen molar-refractivity contribution in [2.45, 2.75) is 6.92 Å². The van der Waals surface area contributed by atoms with Crippen molar-refractivity contribution < 1.29 is 10.0 Å². The van der Waals surface area contributed by atoms with Crippen LogP contribution in [0.5, 0.6) is 5.75 Å². The first-order chi connectivity index (χ1) is 8.08. The summed E-state index contributed by atoms with van der Waals surface area (Å²) in [6.45, 7) is 1.67. The molecule has 0 aliphatic carbocycles. The minimum absolute atomic E-state index is 0.00697. The third-order valence-corrected chi connectivity index (χ3v) is 2.44. The van der Waals surface area contributed by atoms with Crippen molar-refractivity contribution in [3.05, 3.63) is 52.2 Å². The molecule has 1 heterocycles. The van der Waals surface area contributed by atoms with Crippen LogP contribution in [0.4, 0.5) is 5.69 Å². The number of aryl methyl sites for hydroxylation is 1. The third kappa shape index (κ3) is 2.23. The Labute approximate surface area is 97.5 Å². The van der Waals surface area contributed by atoms with E-state index in [1.54, 1.807) is 37.3 Å². The molecule has 1 N–H and O–H groups in total. The minimum atomic E-state index is -0.455. The SMILES string of the molecule is Cc1cc(-c2ccc(O)cc2)ncc1[N+](=O)[O-]. The zero-order chi connectivity index (χ0) is 12.4. The van der Waals surface area contributed by atoms with Crippen molar-refractivity contribution in [1.29, 1.82) is 0 Å². The molecule has 1 aromatic carbocycles. The summed E-state index contributed by atoms with van der Waals surface area (Å²) in [5, 5.41) is 19.8. The lowest BCUT2D eigenvalue weighted by molar-refractivity contribution is -0.385. The lowest BCUT2D eigenvalue weighted by Gasteiger charge is -2.02. The largest absolute Gasteiger partial charge is 0.508 e. The van der Waals surface area contributed by atoms with Crippen molar-refractivity contribution in [1.82, 2.24) is 4.98 Å². The van der Waals surface area contributed by atoms with Gasteiger partial charge in [0.1, 0.15) is 11.9 Å². The van der Waals surface area contributed by atoms with Crippen LogP contribution in [-0.4, -0.2) is 15.0 Å². The summed E-state index contributed by atoms with van der Waals surface area (Å²) >= 11 is 0. The Balaban J connectivity index is 2.44. The van der Waals surface area contributed by atoms with Gasteiger partial charge >= 0.3 is 0 Å². The van der Waals surface area contributed by atoms with Crippen molar-refractivity contribution in [2.75, 3.05) is 0 Å². The number of hydrogen-bond donors (Lipinski definition) is 1. The zero-order valence-electron chi connectivity index (χ0n) is 9.12. The van der Waals surface area contributed by atoms with Crippen LogP contribution in [0.15, 0.2) is 36.5 Å². The molecule has 0 saturated carbocycles. The third-order valence-electron chi connectivity index (χ3n) is 2.44. The van der Waals surface area contributed by atoms with Crippen molar-refractivity contribution in [2.24, 2.45) is 0 Å². The molecule has 2 rings (SSSR count). The molecule has 0 radical (unpaired) electrons. The number of nitrogens with zero attached hydrogens (tertiary/aromatic N) is 2. The maximum atomic E-state index is 10.6. The maximum absolute atomic E-state index is 10.6. The number of phenols is 1. The number of nitro groups is 1. The van der Waals surface area contributed by atoms with E-state index in [9.17, 15) is 10.1 Å². The molecule has 0 bridgehead atoms. The van der Waals surface area contributed by atoms with E-state index in [-0.39, 0.29) is 11.4 Å². The predicted molar refractivity (Wildman–Crippen MR) is 62.7 cm³/mol. The van der Waals surface area contributed by atoms with Crippen LogP contribution in [0, 0.1) is 17.0 Å². The first-order valence-electron chi connectivity index (χ1n) is 4.98. The maximum Gasteiger partial charge on any atom is 0.290 e. The van der Waals surface area contributed by atoms with Crippen LogP contribution in [0.3, 0.4) is 0 Å². The summed E-state index contributed by atoms with van der Waals surface area (Å²) < 4.78 is 0. The normalized spacial score (nSPS) is 10.2. The summed E-state index contributed by atoms with van der Waals surface area (Å²) in [5.41, 5.74) is 2.02. The van der Waals surface area contributed by atoms with Gasteiger partial charge in [0.05, 0.1) is 10.6 Å². The summed E-state index contributed by atoms with van der Waals surface area (Å²) in [7, 11) is 0. The molecule has 0 atom stereocenters. The number of phenolic OH excluding ortho intramolecular Hbond substituents is 1. The van der Waals surface area contributed by atoms with Gasteiger partial charge in [-0.05, 0) is 37.3 Å². The second-order valence-corrected chi connectivity index (χ2v) is 3.66. The van der Waals surface area contributed by atoms with Gasteiger partial charge in [-0.25, -0.2) is 4.98 Å². The van der Waals surface area contributed by atoms with E-state index in [1.807, 2.05) is 0 Å². The molecule has 86 valence electrons. The molecule has 1 aromatic heterocycles. The fourth-order valence-corrected chi connectivity index (χ4v) is 1.53. The van der Waals surface area contributed by atoms with Gasteiger partial charge in [-0.2, -0.15) is 0 Å². The molecule has 0 amide bonds. The Morgan fingerprint density at radius 1 is 1.29 bits per heavy atom. The highest BCUT2D eigenvalue weighted by Crippen LogP contribution is 2.24. The average Bonchev–Trinajstić information content (AvgIpc) is 2.29. The number of aromatic hydroxyl groups is 1. The topological polar surface area (TPSA) is 76.3 Å². The van der Waals surface area contributed by atoms with Crippen LogP contribution < -0.4 is 0 Å². The van der Waals surface area contributed by atoms with Gasteiger partial charge in [-0.1, -0.05) is 0 Å². The van der Waals surface area contributed by atoms with Gasteiger partial charge in [0.25, 0.3) is 5.69 Å². The van der Waals surface area contributed by atoms with E-state index < -0.39 is 4.92 Å². The molecule has 0 aliphatic rings. The Morgan fingerprint density at radius 3 is 2.47 bits per heavy atom. The standard InChI is InChI=1S/C12H10N2O3/c1-8-6-11(13-7-12(8)14(16)17)9-2-4-10(15)5-3-9/h2-7,15H,1H3. The van der Waals surface area contributed by atoms with E-state index in [2.05, 4.69) is 4.98 Å². The Hall–Kier alpha value is -2.43. The van der Waals surface area contributed by atoms with Gasteiger partial charge in [0.2, 0.25) is 0 Å². The predicted octanol–water partition coefficient (Wildman–Crippen LogP) is 2.67. The highest BCUT2D eigenvalue weighted by molar-refractivity contribution is 5.62. The minimum Gasteiger partial charge on any atom is -0.508 e. The summed E-state index contributed by atoms with van der Waals surface area (Å²) in [5.74, 6) is 0.174. The van der Waals surface area contributed by atoms with Crippen molar-refractivity contribution in [3.63, 3.8) is 0 Å². The highest BCUT2D eigenvalue weighted by atomic mass is 16.6. The first kappa shape index (κ1) is 11.1. The molecule has 0 saturated heterocycles. The first-order valence-corrected chi connectivity index (χ1v) is 4.98. The molecule has 5 nitrogen and oxygen atoms in total. The molecule has 0 spiro atoms. The van der Waals surface area contributed by atoms with E-state index >= 15 is 0 Å². The van der Waals surface area contributed by atoms with Gasteiger partial charge in [-0.15, -0.1) is 0 Å². The Morgan fingerprint density at radius 2 is 1.94 bits per heavy atom. The van der Waals surface area contributed by atoms with Gasteiger partial charge in [-0.3, -0.25) is 10.1 Å². The van der Waals surface area contributed by atoms with E-state index in [0.29, 0.717) is 11.3 Å². The number of rotatable bonds is 2.